The normalized spacial score (nSPS) is 26.1. The summed E-state index contributed by atoms with van der Waals surface area (Å²) in [6, 6.07) is 6.82. The second-order valence-electron chi connectivity index (χ2n) is 5.16. The summed E-state index contributed by atoms with van der Waals surface area (Å²) in [5, 5.41) is 0.589. The maximum atomic E-state index is 12.5. The molecule has 22 heavy (non-hydrogen) atoms. The molecule has 3 rings (SSSR count). The Balaban J connectivity index is 1.86. The molecule has 116 valence electrons. The molecule has 1 amide bonds. The van der Waals surface area contributed by atoms with Crippen molar-refractivity contribution in [2.24, 2.45) is 0 Å². The van der Waals surface area contributed by atoms with Crippen molar-refractivity contribution in [3.8, 4) is 0 Å². The van der Waals surface area contributed by atoms with Crippen LogP contribution in [0.5, 0.6) is 0 Å². The molecule has 2 heterocycles. The Kier molecular flexibility index (Phi) is 4.33. The zero-order valence-corrected chi connectivity index (χ0v) is 14.6. The maximum Gasteiger partial charge on any atom is 0.266 e. The minimum Gasteiger partial charge on any atom is -0.289 e. The van der Waals surface area contributed by atoms with Gasteiger partial charge in [-0.1, -0.05) is 47.7 Å². The second kappa shape index (κ2) is 5.96. The molecule has 1 atom stereocenters. The predicted molar refractivity (Wildman–Crippen MR) is 93.5 cm³/mol. The standard InChI is InChI=1S/C14H12ClNO3S3/c15-10-3-1-2-9(6-10)7-12-13(17)16(14(20)21-12)11-4-5-22(18,19)8-11/h1-3,6-7,11H,4-5,8H2/b12-7-/t11-/m0/s1. The molecule has 0 aliphatic carbocycles. The molecule has 0 spiro atoms. The van der Waals surface area contributed by atoms with Crippen molar-refractivity contribution in [2.45, 2.75) is 12.5 Å². The third-order valence-corrected chi connectivity index (χ3v) is 6.86. The van der Waals surface area contributed by atoms with Crippen molar-refractivity contribution in [3.63, 3.8) is 0 Å². The summed E-state index contributed by atoms with van der Waals surface area (Å²) in [5.41, 5.74) is 0.812. The number of rotatable bonds is 2. The lowest BCUT2D eigenvalue weighted by Gasteiger charge is -2.20. The highest BCUT2D eigenvalue weighted by atomic mass is 35.5. The van der Waals surface area contributed by atoms with E-state index in [4.69, 9.17) is 23.8 Å². The maximum absolute atomic E-state index is 12.5. The molecule has 0 unspecified atom stereocenters. The van der Waals surface area contributed by atoms with Crippen LogP contribution in [0.4, 0.5) is 0 Å². The highest BCUT2D eigenvalue weighted by molar-refractivity contribution is 8.26. The quantitative estimate of drug-likeness (QED) is 0.589. The molecule has 4 nitrogen and oxygen atoms in total. The van der Waals surface area contributed by atoms with E-state index in [-0.39, 0.29) is 23.5 Å². The van der Waals surface area contributed by atoms with Crippen LogP contribution >= 0.6 is 35.6 Å². The van der Waals surface area contributed by atoms with E-state index in [0.29, 0.717) is 20.7 Å². The van der Waals surface area contributed by atoms with Gasteiger partial charge in [-0.15, -0.1) is 0 Å². The lowest BCUT2D eigenvalue weighted by molar-refractivity contribution is -0.123. The number of nitrogens with zero attached hydrogens (tertiary/aromatic N) is 1. The van der Waals surface area contributed by atoms with Crippen molar-refractivity contribution in [2.75, 3.05) is 11.5 Å². The smallest absolute Gasteiger partial charge is 0.266 e. The number of hydrogen-bond donors (Lipinski definition) is 0. The summed E-state index contributed by atoms with van der Waals surface area (Å²) in [5.74, 6) is -0.122. The number of thiocarbonyl (C=S) groups is 1. The number of carbonyl (C=O) groups is 1. The van der Waals surface area contributed by atoms with Crippen LogP contribution in [0.1, 0.15) is 12.0 Å². The molecule has 2 aliphatic rings. The number of halogens is 1. The van der Waals surface area contributed by atoms with Gasteiger partial charge >= 0.3 is 0 Å². The number of benzene rings is 1. The second-order valence-corrected chi connectivity index (χ2v) is 9.50. The fraction of sp³-hybridized carbons (Fsp3) is 0.286. The summed E-state index contributed by atoms with van der Waals surface area (Å²) in [4.78, 5) is 14.5. The summed E-state index contributed by atoms with van der Waals surface area (Å²) in [7, 11) is -3.06. The average Bonchev–Trinajstić information content (AvgIpc) is 2.90. The van der Waals surface area contributed by atoms with E-state index >= 15 is 0 Å². The first-order valence-electron chi connectivity index (χ1n) is 6.59. The van der Waals surface area contributed by atoms with Gasteiger partial charge in [0, 0.05) is 5.02 Å². The van der Waals surface area contributed by atoms with Gasteiger partial charge in [-0.25, -0.2) is 8.42 Å². The Bertz CT molecular complexity index is 788. The fourth-order valence-corrected chi connectivity index (χ4v) is 5.82. The lowest BCUT2D eigenvalue weighted by Crippen LogP contribution is -2.39. The fourth-order valence-electron chi connectivity index (χ4n) is 2.52. The Morgan fingerprint density at radius 1 is 1.41 bits per heavy atom. The number of carbonyl (C=O) groups excluding carboxylic acids is 1. The molecule has 0 saturated carbocycles. The molecule has 2 saturated heterocycles. The molecule has 0 bridgehead atoms. The molecule has 2 fully saturated rings. The molecule has 8 heteroatoms. The molecule has 2 aliphatic heterocycles. The summed E-state index contributed by atoms with van der Waals surface area (Å²) < 4.78 is 23.6. The van der Waals surface area contributed by atoms with Gasteiger partial charge < -0.3 is 0 Å². The molecule has 1 aromatic carbocycles. The van der Waals surface area contributed by atoms with Crippen LogP contribution in [0, 0.1) is 0 Å². The Hall–Kier alpha value is -0.890. The molecule has 0 N–H and O–H groups in total. The first-order valence-corrected chi connectivity index (χ1v) is 10.0. The largest absolute Gasteiger partial charge is 0.289 e. The van der Waals surface area contributed by atoms with E-state index in [1.807, 2.05) is 6.07 Å². The van der Waals surface area contributed by atoms with Gasteiger partial charge in [0.25, 0.3) is 5.91 Å². The number of amides is 1. The van der Waals surface area contributed by atoms with Crippen LogP contribution in [0.15, 0.2) is 29.2 Å². The van der Waals surface area contributed by atoms with E-state index in [2.05, 4.69) is 0 Å². The SMILES string of the molecule is O=C1/C(=C/c2cccc(Cl)c2)SC(=S)N1[C@H]1CCS(=O)(=O)C1. The molecule has 1 aromatic rings. The van der Waals surface area contributed by atoms with Crippen LogP contribution in [0.3, 0.4) is 0 Å². The minimum absolute atomic E-state index is 0.0100. The van der Waals surface area contributed by atoms with Crippen LogP contribution < -0.4 is 0 Å². The van der Waals surface area contributed by atoms with Crippen molar-refractivity contribution in [1.82, 2.24) is 4.90 Å². The zero-order valence-electron chi connectivity index (χ0n) is 11.4. The van der Waals surface area contributed by atoms with E-state index in [1.54, 1.807) is 24.3 Å². The lowest BCUT2D eigenvalue weighted by atomic mass is 10.2. The van der Waals surface area contributed by atoms with Gasteiger partial charge in [-0.05, 0) is 30.2 Å². The number of sulfone groups is 1. The van der Waals surface area contributed by atoms with Gasteiger partial charge in [0.15, 0.2) is 9.84 Å². The van der Waals surface area contributed by atoms with Gasteiger partial charge in [0.2, 0.25) is 0 Å². The number of thioether (sulfide) groups is 1. The number of hydrogen-bond acceptors (Lipinski definition) is 5. The highest BCUT2D eigenvalue weighted by Crippen LogP contribution is 2.36. The van der Waals surface area contributed by atoms with E-state index in [9.17, 15) is 13.2 Å². The molecule has 0 radical (unpaired) electrons. The van der Waals surface area contributed by atoms with E-state index in [1.165, 1.54) is 16.7 Å². The topological polar surface area (TPSA) is 54.5 Å². The monoisotopic (exact) mass is 373 g/mol. The van der Waals surface area contributed by atoms with Crippen LogP contribution in [-0.2, 0) is 14.6 Å². The van der Waals surface area contributed by atoms with Crippen molar-refractivity contribution < 1.29 is 13.2 Å². The summed E-state index contributed by atoms with van der Waals surface area (Å²) in [6.07, 6.45) is 2.17. The minimum atomic E-state index is -3.06. The van der Waals surface area contributed by atoms with Crippen molar-refractivity contribution in [1.29, 1.82) is 0 Å². The average molecular weight is 374 g/mol. The van der Waals surface area contributed by atoms with Crippen molar-refractivity contribution in [3.05, 3.63) is 39.8 Å². The molecular formula is C14H12ClNO3S3. The summed E-state index contributed by atoms with van der Waals surface area (Å²) in [6.45, 7) is 0. The van der Waals surface area contributed by atoms with Gasteiger partial charge in [0.05, 0.1) is 22.5 Å². The Morgan fingerprint density at radius 3 is 2.82 bits per heavy atom. The Morgan fingerprint density at radius 2 is 2.18 bits per heavy atom. The van der Waals surface area contributed by atoms with Gasteiger partial charge in [-0.2, -0.15) is 0 Å². The third kappa shape index (κ3) is 3.22. The van der Waals surface area contributed by atoms with E-state index < -0.39 is 9.84 Å². The first-order chi connectivity index (χ1) is 10.4. The molecular weight excluding hydrogens is 362 g/mol. The predicted octanol–water partition coefficient (Wildman–Crippen LogP) is 2.73. The van der Waals surface area contributed by atoms with E-state index in [0.717, 1.165) is 5.56 Å². The van der Waals surface area contributed by atoms with Crippen LogP contribution in [0.25, 0.3) is 6.08 Å². The zero-order chi connectivity index (χ0) is 15.9. The van der Waals surface area contributed by atoms with Gasteiger partial charge in [-0.3, -0.25) is 9.69 Å². The van der Waals surface area contributed by atoms with Crippen LogP contribution in [0.2, 0.25) is 5.02 Å². The highest BCUT2D eigenvalue weighted by Gasteiger charge is 2.42. The van der Waals surface area contributed by atoms with Crippen molar-refractivity contribution >= 4 is 61.7 Å². The van der Waals surface area contributed by atoms with Crippen LogP contribution in [-0.4, -0.2) is 41.1 Å². The van der Waals surface area contributed by atoms with Gasteiger partial charge in [0.1, 0.15) is 4.32 Å². The summed E-state index contributed by atoms with van der Waals surface area (Å²) >= 11 is 12.4. The first kappa shape index (κ1) is 16.0. The molecule has 0 aromatic heterocycles. The Labute approximate surface area is 143 Å². The third-order valence-electron chi connectivity index (χ3n) is 3.54.